The number of hydrogen-bond acceptors (Lipinski definition) is 6. The van der Waals surface area contributed by atoms with Gasteiger partial charge in [-0.15, -0.1) is 37.2 Å². The summed E-state index contributed by atoms with van der Waals surface area (Å²) in [5, 5.41) is 5.77. The van der Waals surface area contributed by atoms with E-state index < -0.39 is 19.4 Å². The first-order valence-electron chi connectivity index (χ1n) is 9.50. The summed E-state index contributed by atoms with van der Waals surface area (Å²) in [5.41, 5.74) is 6.01. The summed E-state index contributed by atoms with van der Waals surface area (Å²) < 4.78 is 18.3. The van der Waals surface area contributed by atoms with Crippen LogP contribution in [0.2, 0.25) is 0 Å². The van der Waals surface area contributed by atoms with Gasteiger partial charge in [0, 0.05) is 12.2 Å². The van der Waals surface area contributed by atoms with Crippen molar-refractivity contribution in [3.8, 4) is 5.75 Å². The Kier molecular flexibility index (Phi) is 12.4. The number of likely N-dealkylation sites (tertiary alicyclic amines) is 1. The Labute approximate surface area is 200 Å². The van der Waals surface area contributed by atoms with Crippen molar-refractivity contribution in [3.05, 3.63) is 24.3 Å². The molecule has 13 heteroatoms. The van der Waals surface area contributed by atoms with E-state index in [2.05, 4.69) is 10.6 Å². The number of amides is 2. The van der Waals surface area contributed by atoms with Crippen LogP contribution in [0.5, 0.6) is 5.75 Å². The Balaban J connectivity index is 0.00000300. The maximum absolute atomic E-state index is 12.9. The van der Waals surface area contributed by atoms with Crippen molar-refractivity contribution in [1.29, 1.82) is 0 Å². The highest BCUT2D eigenvalue weighted by Gasteiger charge is 2.45. The van der Waals surface area contributed by atoms with E-state index in [0.717, 1.165) is 19.4 Å². The molecule has 0 saturated carbocycles. The Bertz CT molecular complexity index is 778. The van der Waals surface area contributed by atoms with Gasteiger partial charge in [-0.1, -0.05) is 0 Å². The highest BCUT2D eigenvalue weighted by molar-refractivity contribution is 7.54. The van der Waals surface area contributed by atoms with E-state index in [1.54, 1.807) is 19.1 Å². The van der Waals surface area contributed by atoms with Crippen molar-refractivity contribution >= 4 is 62.3 Å². The molecule has 2 saturated heterocycles. The Morgan fingerprint density at radius 2 is 1.87 bits per heavy atom. The molecule has 4 atom stereocenters. The lowest BCUT2D eigenvalue weighted by Gasteiger charge is -2.29. The van der Waals surface area contributed by atoms with Gasteiger partial charge >= 0.3 is 7.60 Å². The van der Waals surface area contributed by atoms with Gasteiger partial charge in [-0.05, 0) is 63.4 Å². The zero-order valence-electron chi connectivity index (χ0n) is 17.1. The molecule has 2 heterocycles. The average molecular weight is 520 g/mol. The second-order valence-corrected chi connectivity index (χ2v) is 9.17. The summed E-state index contributed by atoms with van der Waals surface area (Å²) in [6, 6.07) is 5.20. The molecule has 1 aromatic carbocycles. The minimum atomic E-state index is -4.10. The van der Waals surface area contributed by atoms with Gasteiger partial charge in [-0.25, -0.2) is 4.57 Å². The molecular formula is C18H30Cl3N4O5P. The third-order valence-electron chi connectivity index (χ3n) is 5.01. The van der Waals surface area contributed by atoms with Crippen molar-refractivity contribution in [2.24, 2.45) is 5.73 Å². The third kappa shape index (κ3) is 7.49. The second-order valence-electron chi connectivity index (χ2n) is 7.26. The van der Waals surface area contributed by atoms with E-state index >= 15 is 0 Å². The smallest absolute Gasteiger partial charge is 0.398 e. The molecule has 0 spiro atoms. The summed E-state index contributed by atoms with van der Waals surface area (Å²) >= 11 is 0. The molecule has 0 bridgehead atoms. The minimum absolute atomic E-state index is 0. The van der Waals surface area contributed by atoms with Gasteiger partial charge in [0.15, 0.2) is 0 Å². The SMILES string of the molecule is C[C@H](N)C(=O)Nc1ccc(OP(=O)(O)[C@@H]2CCCN2C(=O)[C@@H]2CCCN2)cc1.Cl.Cl.Cl. The Hall–Kier alpha value is -1.06. The zero-order valence-corrected chi connectivity index (χ0v) is 20.4. The number of hydrogen-bond donors (Lipinski definition) is 4. The van der Waals surface area contributed by atoms with Gasteiger partial charge in [-0.2, -0.15) is 0 Å². The van der Waals surface area contributed by atoms with Gasteiger partial charge < -0.3 is 30.7 Å². The molecular weight excluding hydrogens is 490 g/mol. The molecule has 178 valence electrons. The molecule has 0 aliphatic carbocycles. The number of benzene rings is 1. The maximum Gasteiger partial charge on any atom is 0.398 e. The molecule has 5 N–H and O–H groups in total. The number of nitrogens with zero attached hydrogens (tertiary/aromatic N) is 1. The van der Waals surface area contributed by atoms with Gasteiger partial charge in [0.25, 0.3) is 0 Å². The number of anilines is 1. The summed E-state index contributed by atoms with van der Waals surface area (Å²) in [4.78, 5) is 36.3. The first kappa shape index (κ1) is 29.9. The molecule has 1 unspecified atom stereocenters. The van der Waals surface area contributed by atoms with Gasteiger partial charge in [0.05, 0.1) is 12.1 Å². The fraction of sp³-hybridized carbons (Fsp3) is 0.556. The average Bonchev–Trinajstić information content (AvgIpc) is 3.34. The van der Waals surface area contributed by atoms with Gasteiger partial charge in [-0.3, -0.25) is 9.59 Å². The van der Waals surface area contributed by atoms with Crippen LogP contribution in [0.3, 0.4) is 0 Å². The lowest BCUT2D eigenvalue weighted by molar-refractivity contribution is -0.132. The summed E-state index contributed by atoms with van der Waals surface area (Å²) in [6.07, 6.45) is 2.76. The van der Waals surface area contributed by atoms with E-state index in [0.29, 0.717) is 25.1 Å². The van der Waals surface area contributed by atoms with Crippen LogP contribution in [0.4, 0.5) is 5.69 Å². The predicted octanol–water partition coefficient (Wildman–Crippen LogP) is 2.50. The van der Waals surface area contributed by atoms with Crippen molar-refractivity contribution in [2.45, 2.75) is 50.5 Å². The van der Waals surface area contributed by atoms with E-state index in [1.807, 2.05) is 0 Å². The number of nitrogens with two attached hydrogens (primary N) is 1. The van der Waals surface area contributed by atoms with Crippen molar-refractivity contribution in [3.63, 3.8) is 0 Å². The predicted molar refractivity (Wildman–Crippen MR) is 127 cm³/mol. The largest absolute Gasteiger partial charge is 0.423 e. The van der Waals surface area contributed by atoms with Crippen molar-refractivity contribution in [1.82, 2.24) is 10.2 Å². The zero-order chi connectivity index (χ0) is 20.3. The van der Waals surface area contributed by atoms with Crippen molar-refractivity contribution < 1.29 is 23.6 Å². The molecule has 2 fully saturated rings. The molecule has 3 rings (SSSR count). The van der Waals surface area contributed by atoms with Crippen LogP contribution in [0.25, 0.3) is 0 Å². The first-order chi connectivity index (χ1) is 13.3. The topological polar surface area (TPSA) is 134 Å². The van der Waals surface area contributed by atoms with E-state index in [9.17, 15) is 19.0 Å². The van der Waals surface area contributed by atoms with Crippen LogP contribution in [0.1, 0.15) is 32.6 Å². The first-order valence-corrected chi connectivity index (χ1v) is 11.1. The van der Waals surface area contributed by atoms with E-state index in [4.69, 9.17) is 10.3 Å². The highest BCUT2D eigenvalue weighted by Crippen LogP contribution is 2.53. The summed E-state index contributed by atoms with van der Waals surface area (Å²) in [5.74, 6) is -1.11. The molecule has 31 heavy (non-hydrogen) atoms. The van der Waals surface area contributed by atoms with E-state index in [-0.39, 0.29) is 60.8 Å². The maximum atomic E-state index is 12.9. The highest BCUT2D eigenvalue weighted by atomic mass is 35.5. The standard InChI is InChI=1S/C18H27N4O5P.3ClH/c1-12(19)17(23)21-13-6-8-14(9-7-13)27-28(25,26)16-5-3-11-22(16)18(24)15-4-2-10-20-15;;;/h6-9,12,15-16,20H,2-5,10-11,19H2,1H3,(H,21,23)(H,25,26);3*1H/t12-,15-,16+;;;/m0.../s1. The van der Waals surface area contributed by atoms with Crippen LogP contribution in [-0.4, -0.2) is 52.6 Å². The fourth-order valence-corrected chi connectivity index (χ4v) is 5.14. The third-order valence-corrected chi connectivity index (χ3v) is 6.77. The quantitative estimate of drug-likeness (QED) is 0.424. The molecule has 0 radical (unpaired) electrons. The second kappa shape index (κ2) is 12.8. The molecule has 1 aromatic rings. The van der Waals surface area contributed by atoms with Crippen molar-refractivity contribution in [2.75, 3.05) is 18.4 Å². The lowest BCUT2D eigenvalue weighted by Crippen LogP contribution is -2.46. The number of carbonyl (C=O) groups is 2. The molecule has 0 aromatic heterocycles. The van der Waals surface area contributed by atoms with E-state index in [1.165, 1.54) is 17.0 Å². The van der Waals surface area contributed by atoms with Gasteiger partial charge in [0.1, 0.15) is 11.5 Å². The molecule has 2 aliphatic rings. The Morgan fingerprint density at radius 3 is 2.42 bits per heavy atom. The summed E-state index contributed by atoms with van der Waals surface area (Å²) in [7, 11) is -4.10. The number of halogens is 3. The molecule has 9 nitrogen and oxygen atoms in total. The normalized spacial score (nSPS) is 22.7. The lowest BCUT2D eigenvalue weighted by atomic mass is 10.2. The Morgan fingerprint density at radius 1 is 1.23 bits per heavy atom. The number of carbonyl (C=O) groups excluding carboxylic acids is 2. The molecule has 2 aliphatic heterocycles. The fourth-order valence-electron chi connectivity index (χ4n) is 3.51. The van der Waals surface area contributed by atoms with Crippen LogP contribution in [-0.2, 0) is 14.2 Å². The van der Waals surface area contributed by atoms with Crippen LogP contribution < -0.4 is 20.9 Å². The number of nitrogens with one attached hydrogen (secondary N) is 2. The monoisotopic (exact) mass is 518 g/mol. The van der Waals surface area contributed by atoms with Gasteiger partial charge in [0.2, 0.25) is 11.8 Å². The number of rotatable bonds is 6. The van der Waals surface area contributed by atoms with Crippen LogP contribution in [0.15, 0.2) is 24.3 Å². The van der Waals surface area contributed by atoms with Crippen LogP contribution in [0, 0.1) is 0 Å². The molecule has 2 amide bonds. The van der Waals surface area contributed by atoms with Crippen LogP contribution >= 0.6 is 44.8 Å². The summed E-state index contributed by atoms with van der Waals surface area (Å²) in [6.45, 7) is 2.82. The minimum Gasteiger partial charge on any atom is -0.423 e.